The van der Waals surface area contributed by atoms with Gasteiger partial charge in [0, 0.05) is 11.1 Å². The van der Waals surface area contributed by atoms with Crippen molar-refractivity contribution in [1.82, 2.24) is 10.3 Å². The number of nitrogens with zero attached hydrogens (tertiary/aromatic N) is 1. The maximum atomic E-state index is 11.7. The Bertz CT molecular complexity index is 857. The lowest BCUT2D eigenvalue weighted by Crippen LogP contribution is -2.38. The molecule has 0 aliphatic heterocycles. The predicted octanol–water partition coefficient (Wildman–Crippen LogP) is 1.97. The fourth-order valence-corrected chi connectivity index (χ4v) is 2.49. The molecule has 0 saturated heterocycles. The molecule has 1 aromatic heterocycles. The first-order valence-electron chi connectivity index (χ1n) is 6.91. The van der Waals surface area contributed by atoms with Gasteiger partial charge in [-0.25, -0.2) is 14.6 Å². The normalized spacial score (nSPS) is 10.4. The van der Waals surface area contributed by atoms with Crippen molar-refractivity contribution >= 4 is 52.0 Å². The number of aromatic nitrogens is 1. The molecule has 0 bridgehead atoms. The van der Waals surface area contributed by atoms with Gasteiger partial charge in [0.1, 0.15) is 5.52 Å². The number of hydrogen-bond acceptors (Lipinski definition) is 6. The Morgan fingerprint density at radius 3 is 2.60 bits per heavy atom. The topological polar surface area (TPSA) is 121 Å². The minimum atomic E-state index is -1.04. The van der Waals surface area contributed by atoms with Gasteiger partial charge in [-0.2, -0.15) is 0 Å². The van der Waals surface area contributed by atoms with Gasteiger partial charge in [0.25, 0.3) is 5.91 Å². The number of carbonyl (C=O) groups is 3. The zero-order valence-electron chi connectivity index (χ0n) is 13.0. The molecule has 10 heteroatoms. The summed E-state index contributed by atoms with van der Waals surface area (Å²) in [6, 6.07) is 3.97. The van der Waals surface area contributed by atoms with E-state index in [-0.39, 0.29) is 10.8 Å². The van der Waals surface area contributed by atoms with E-state index in [2.05, 4.69) is 9.72 Å². The highest BCUT2D eigenvalue weighted by molar-refractivity contribution is 6.39. The number of urea groups is 1. The molecule has 0 fully saturated rings. The Morgan fingerprint density at radius 1 is 1.20 bits per heavy atom. The summed E-state index contributed by atoms with van der Waals surface area (Å²) >= 11 is 12.2. The Kier molecular flexibility index (Phi) is 6.00. The van der Waals surface area contributed by atoms with E-state index in [0.717, 1.165) is 0 Å². The van der Waals surface area contributed by atoms with Crippen LogP contribution in [0, 0.1) is 6.92 Å². The molecule has 0 spiro atoms. The Morgan fingerprint density at radius 2 is 1.92 bits per heavy atom. The molecule has 0 unspecified atom stereocenters. The van der Waals surface area contributed by atoms with Crippen LogP contribution in [0.2, 0.25) is 10.0 Å². The van der Waals surface area contributed by atoms with E-state index >= 15 is 0 Å². The fraction of sp³-hybridized carbons (Fsp3) is 0.200. The highest BCUT2D eigenvalue weighted by atomic mass is 35.5. The van der Waals surface area contributed by atoms with Crippen LogP contribution < -0.4 is 15.8 Å². The number of benzene rings is 1. The average molecular weight is 386 g/mol. The average Bonchev–Trinajstić information content (AvgIpc) is 2.51. The molecule has 3 amide bonds. The molecule has 1 heterocycles. The number of ether oxygens (including phenoxy) is 2. The molecular formula is C15H13Cl2N3O5. The van der Waals surface area contributed by atoms with Gasteiger partial charge < -0.3 is 15.2 Å². The van der Waals surface area contributed by atoms with Gasteiger partial charge in [-0.05, 0) is 25.1 Å². The highest BCUT2D eigenvalue weighted by Gasteiger charge is 2.16. The van der Waals surface area contributed by atoms with Gasteiger partial charge in [-0.15, -0.1) is 0 Å². The number of halogens is 2. The van der Waals surface area contributed by atoms with E-state index in [4.69, 9.17) is 33.7 Å². The number of pyridine rings is 1. The molecule has 0 aliphatic carbocycles. The monoisotopic (exact) mass is 385 g/mol. The molecule has 2 aromatic rings. The van der Waals surface area contributed by atoms with E-state index in [9.17, 15) is 14.4 Å². The van der Waals surface area contributed by atoms with Crippen LogP contribution >= 0.6 is 23.2 Å². The zero-order valence-corrected chi connectivity index (χ0v) is 14.5. The van der Waals surface area contributed by atoms with E-state index in [0.29, 0.717) is 21.6 Å². The minimum Gasteiger partial charge on any atom is -0.478 e. The number of rotatable bonds is 5. The number of imide groups is 1. The first-order valence-corrected chi connectivity index (χ1v) is 7.66. The Hall–Kier alpha value is -2.58. The second-order valence-corrected chi connectivity index (χ2v) is 5.69. The lowest BCUT2D eigenvalue weighted by Gasteiger charge is -2.12. The quantitative estimate of drug-likeness (QED) is 0.758. The second kappa shape index (κ2) is 8.00. The molecular weight excluding hydrogens is 373 g/mol. The van der Waals surface area contributed by atoms with Crippen molar-refractivity contribution < 1.29 is 23.9 Å². The number of nitrogens with one attached hydrogen (secondary N) is 1. The van der Waals surface area contributed by atoms with Gasteiger partial charge in [0.15, 0.2) is 19.0 Å². The Balaban J connectivity index is 2.08. The molecule has 0 aliphatic rings. The summed E-state index contributed by atoms with van der Waals surface area (Å²) in [5.41, 5.74) is 5.87. The number of amides is 3. The van der Waals surface area contributed by atoms with Crippen molar-refractivity contribution in [2.45, 2.75) is 6.92 Å². The van der Waals surface area contributed by atoms with Crippen molar-refractivity contribution in [1.29, 1.82) is 0 Å². The molecule has 3 N–H and O–H groups in total. The molecule has 0 radical (unpaired) electrons. The number of nitrogens with two attached hydrogens (primary N) is 1. The lowest BCUT2D eigenvalue weighted by molar-refractivity contribution is -0.150. The second-order valence-electron chi connectivity index (χ2n) is 4.88. The molecule has 0 saturated carbocycles. The van der Waals surface area contributed by atoms with Crippen LogP contribution in [0.15, 0.2) is 18.2 Å². The highest BCUT2D eigenvalue weighted by Crippen LogP contribution is 2.37. The zero-order chi connectivity index (χ0) is 18.6. The van der Waals surface area contributed by atoms with Crippen LogP contribution in [0.5, 0.6) is 5.75 Å². The van der Waals surface area contributed by atoms with Crippen LogP contribution in [-0.4, -0.2) is 36.1 Å². The third-order valence-electron chi connectivity index (χ3n) is 2.94. The summed E-state index contributed by atoms with van der Waals surface area (Å²) in [6.07, 6.45) is 0. The van der Waals surface area contributed by atoms with Crippen molar-refractivity contribution in [3.8, 4) is 5.75 Å². The molecule has 132 valence electrons. The number of carbonyl (C=O) groups excluding carboxylic acids is 3. The molecule has 8 nitrogen and oxygen atoms in total. The van der Waals surface area contributed by atoms with Crippen molar-refractivity contribution in [2.75, 3.05) is 13.2 Å². The number of primary amides is 1. The van der Waals surface area contributed by atoms with Gasteiger partial charge in [-0.1, -0.05) is 23.2 Å². The summed E-state index contributed by atoms with van der Waals surface area (Å²) in [7, 11) is 0. The molecule has 1 aromatic carbocycles. The van der Waals surface area contributed by atoms with Crippen LogP contribution in [0.4, 0.5) is 4.79 Å². The fourth-order valence-electron chi connectivity index (χ4n) is 1.92. The number of aryl methyl sites for hydroxylation is 1. The number of hydrogen-bond donors (Lipinski definition) is 2. The van der Waals surface area contributed by atoms with E-state index in [1.54, 1.807) is 24.4 Å². The number of esters is 1. The van der Waals surface area contributed by atoms with Crippen molar-refractivity contribution in [3.63, 3.8) is 0 Å². The van der Waals surface area contributed by atoms with Crippen LogP contribution in [0.25, 0.3) is 10.9 Å². The molecule has 25 heavy (non-hydrogen) atoms. The Labute approximate surface area is 152 Å². The van der Waals surface area contributed by atoms with Crippen molar-refractivity contribution in [2.24, 2.45) is 5.73 Å². The SMILES string of the molecule is Cc1ccc2c(Cl)cc(Cl)c(OCC(=O)OCC(=O)NC(N)=O)c2n1. The summed E-state index contributed by atoms with van der Waals surface area (Å²) < 4.78 is 10.0. The smallest absolute Gasteiger partial charge is 0.344 e. The summed E-state index contributed by atoms with van der Waals surface area (Å²) in [6.45, 7) is 0.594. The lowest BCUT2D eigenvalue weighted by atomic mass is 10.2. The third kappa shape index (κ3) is 4.94. The van der Waals surface area contributed by atoms with Gasteiger partial charge >= 0.3 is 12.0 Å². The maximum Gasteiger partial charge on any atom is 0.344 e. The van der Waals surface area contributed by atoms with E-state index in [1.165, 1.54) is 6.07 Å². The first kappa shape index (κ1) is 18.8. The summed E-state index contributed by atoms with van der Waals surface area (Å²) in [5.74, 6) is -1.53. The van der Waals surface area contributed by atoms with Crippen LogP contribution in [0.3, 0.4) is 0 Å². The van der Waals surface area contributed by atoms with Crippen LogP contribution in [-0.2, 0) is 14.3 Å². The molecule has 2 rings (SSSR count). The van der Waals surface area contributed by atoms with E-state index in [1.807, 2.05) is 0 Å². The molecule has 0 atom stereocenters. The van der Waals surface area contributed by atoms with Crippen LogP contribution in [0.1, 0.15) is 5.69 Å². The maximum absolute atomic E-state index is 11.7. The summed E-state index contributed by atoms with van der Waals surface area (Å²) in [4.78, 5) is 37.6. The number of fused-ring (bicyclic) bond motifs is 1. The van der Waals surface area contributed by atoms with Crippen molar-refractivity contribution in [3.05, 3.63) is 33.9 Å². The third-order valence-corrected chi connectivity index (χ3v) is 3.53. The standard InChI is InChI=1S/C15H13Cl2N3O5/c1-7-2-3-8-9(16)4-10(17)14(13(8)19-7)25-6-12(22)24-5-11(21)20-15(18)23/h2-4H,5-6H2,1H3,(H3,18,20,21,23). The van der Waals surface area contributed by atoms with Gasteiger partial charge in [0.2, 0.25) is 0 Å². The predicted molar refractivity (Wildman–Crippen MR) is 90.7 cm³/mol. The largest absolute Gasteiger partial charge is 0.478 e. The summed E-state index contributed by atoms with van der Waals surface area (Å²) in [5, 5.41) is 2.94. The minimum absolute atomic E-state index is 0.170. The first-order chi connectivity index (χ1) is 11.8. The van der Waals surface area contributed by atoms with Gasteiger partial charge in [0.05, 0.1) is 10.0 Å². The van der Waals surface area contributed by atoms with Gasteiger partial charge in [-0.3, -0.25) is 10.1 Å². The van der Waals surface area contributed by atoms with E-state index < -0.39 is 31.1 Å².